The number of fused-ring (bicyclic) bond motifs is 1. The third kappa shape index (κ3) is 3.95. The van der Waals surface area contributed by atoms with Crippen LogP contribution in [-0.4, -0.2) is 76.1 Å². The number of methoxy groups -OCH3 is 1. The van der Waals surface area contributed by atoms with Gasteiger partial charge in [0.2, 0.25) is 11.8 Å². The summed E-state index contributed by atoms with van der Waals surface area (Å²) in [5, 5.41) is 4.79. The van der Waals surface area contributed by atoms with E-state index in [0.29, 0.717) is 55.0 Å². The van der Waals surface area contributed by atoms with Crippen LogP contribution in [0, 0.1) is 12.8 Å². The summed E-state index contributed by atoms with van der Waals surface area (Å²) in [6.07, 6.45) is 1.67. The highest BCUT2D eigenvalue weighted by Crippen LogP contribution is 2.35. The van der Waals surface area contributed by atoms with Gasteiger partial charge in [0.1, 0.15) is 17.9 Å². The summed E-state index contributed by atoms with van der Waals surface area (Å²) in [6, 6.07) is 7.12. The van der Waals surface area contributed by atoms with Crippen LogP contribution in [0.25, 0.3) is 5.78 Å². The molecule has 2 saturated heterocycles. The molecule has 2 aromatic heterocycles. The molecule has 2 aliphatic heterocycles. The van der Waals surface area contributed by atoms with Gasteiger partial charge in [0.05, 0.1) is 18.7 Å². The summed E-state index contributed by atoms with van der Waals surface area (Å²) >= 11 is 6.14. The topological polar surface area (TPSA) is 96.2 Å². The van der Waals surface area contributed by atoms with E-state index in [4.69, 9.17) is 16.3 Å². The van der Waals surface area contributed by atoms with E-state index in [-0.39, 0.29) is 18.2 Å². The molecule has 3 aromatic rings. The van der Waals surface area contributed by atoms with E-state index in [9.17, 15) is 9.59 Å². The number of halogens is 1. The monoisotopic (exact) mass is 469 g/mol. The average Bonchev–Trinajstić information content (AvgIpc) is 3.44. The Morgan fingerprint density at radius 3 is 2.73 bits per heavy atom. The van der Waals surface area contributed by atoms with Crippen molar-refractivity contribution in [3.63, 3.8) is 0 Å². The number of hydrogen-bond acceptors (Lipinski definition) is 7. The van der Waals surface area contributed by atoms with E-state index < -0.39 is 5.92 Å². The first-order chi connectivity index (χ1) is 15.9. The standard InChI is InChI=1S/C22H24ClN7O3/c1-14-9-19(30-22(26-14)24-13-25-30)27-5-7-28(8-6-27)21(32)15-10-20(31)29(12-15)17-11-16(23)3-4-18(17)33-2/h3-4,9,11,13,15H,5-8,10,12H2,1-2H3. The molecule has 2 fully saturated rings. The van der Waals surface area contributed by atoms with Gasteiger partial charge in [-0.1, -0.05) is 11.6 Å². The van der Waals surface area contributed by atoms with Crippen molar-refractivity contribution < 1.29 is 14.3 Å². The van der Waals surface area contributed by atoms with Gasteiger partial charge in [-0.05, 0) is 25.1 Å². The fourth-order valence-corrected chi connectivity index (χ4v) is 4.70. The lowest BCUT2D eigenvalue weighted by molar-refractivity contribution is -0.136. The van der Waals surface area contributed by atoms with Gasteiger partial charge >= 0.3 is 0 Å². The SMILES string of the molecule is COc1ccc(Cl)cc1N1CC(C(=O)N2CCN(c3cc(C)nc4ncnn34)CC2)CC1=O. The molecule has 0 spiro atoms. The summed E-state index contributed by atoms with van der Waals surface area (Å²) in [7, 11) is 1.55. The summed E-state index contributed by atoms with van der Waals surface area (Å²) in [5.41, 5.74) is 1.46. The lowest BCUT2D eigenvalue weighted by Crippen LogP contribution is -2.51. The Balaban J connectivity index is 1.27. The van der Waals surface area contributed by atoms with Crippen LogP contribution in [0.15, 0.2) is 30.6 Å². The molecule has 172 valence electrons. The Morgan fingerprint density at radius 1 is 1.18 bits per heavy atom. The highest BCUT2D eigenvalue weighted by atomic mass is 35.5. The summed E-state index contributed by atoms with van der Waals surface area (Å²) < 4.78 is 7.11. The second kappa shape index (κ2) is 8.51. The third-order valence-electron chi connectivity index (χ3n) is 6.18. The zero-order valence-corrected chi connectivity index (χ0v) is 19.2. The van der Waals surface area contributed by atoms with Crippen molar-refractivity contribution in [3.05, 3.63) is 41.3 Å². The zero-order valence-electron chi connectivity index (χ0n) is 18.4. The maximum atomic E-state index is 13.2. The second-order valence-corrected chi connectivity index (χ2v) is 8.70. The Kier molecular flexibility index (Phi) is 5.53. The van der Waals surface area contributed by atoms with Crippen molar-refractivity contribution in [2.24, 2.45) is 5.92 Å². The van der Waals surface area contributed by atoms with E-state index in [2.05, 4.69) is 20.0 Å². The van der Waals surface area contributed by atoms with Gasteiger partial charge in [-0.2, -0.15) is 14.6 Å². The Morgan fingerprint density at radius 2 is 1.97 bits per heavy atom. The molecule has 33 heavy (non-hydrogen) atoms. The smallest absolute Gasteiger partial charge is 0.254 e. The van der Waals surface area contributed by atoms with Gasteiger partial charge in [-0.3, -0.25) is 9.59 Å². The molecule has 4 heterocycles. The summed E-state index contributed by atoms with van der Waals surface area (Å²) in [6.45, 7) is 4.71. The minimum absolute atomic E-state index is 0.00306. The Labute approximate surface area is 195 Å². The minimum atomic E-state index is -0.391. The van der Waals surface area contributed by atoms with Crippen LogP contribution < -0.4 is 14.5 Å². The lowest BCUT2D eigenvalue weighted by atomic mass is 10.1. The molecule has 0 saturated carbocycles. The Bertz CT molecular complexity index is 1220. The van der Waals surface area contributed by atoms with Crippen molar-refractivity contribution >= 4 is 40.7 Å². The van der Waals surface area contributed by atoms with Gasteiger partial charge < -0.3 is 19.4 Å². The maximum absolute atomic E-state index is 13.2. The number of nitrogens with zero attached hydrogens (tertiary/aromatic N) is 7. The van der Waals surface area contributed by atoms with Crippen LogP contribution in [0.2, 0.25) is 5.02 Å². The fraction of sp³-hybridized carbons (Fsp3) is 0.409. The van der Waals surface area contributed by atoms with Crippen LogP contribution in [0.4, 0.5) is 11.5 Å². The number of amides is 2. The first-order valence-electron chi connectivity index (χ1n) is 10.8. The number of aromatic nitrogens is 4. The average molecular weight is 470 g/mol. The molecule has 10 nitrogen and oxygen atoms in total. The quantitative estimate of drug-likeness (QED) is 0.574. The van der Waals surface area contributed by atoms with Gasteiger partial charge in [0.15, 0.2) is 0 Å². The van der Waals surface area contributed by atoms with E-state index in [0.717, 1.165) is 11.5 Å². The van der Waals surface area contributed by atoms with E-state index in [1.807, 2.05) is 17.9 Å². The summed E-state index contributed by atoms with van der Waals surface area (Å²) in [4.78, 5) is 40.2. The van der Waals surface area contributed by atoms with Crippen LogP contribution >= 0.6 is 11.6 Å². The molecule has 11 heteroatoms. The maximum Gasteiger partial charge on any atom is 0.254 e. The molecule has 0 N–H and O–H groups in total. The van der Waals surface area contributed by atoms with Gasteiger partial charge in [-0.15, -0.1) is 0 Å². The molecule has 0 aliphatic carbocycles. The molecule has 5 rings (SSSR count). The van der Waals surface area contributed by atoms with Crippen LogP contribution in [-0.2, 0) is 9.59 Å². The molecule has 0 radical (unpaired) electrons. The Hall–Kier alpha value is -3.40. The highest BCUT2D eigenvalue weighted by Gasteiger charge is 2.39. The zero-order chi connectivity index (χ0) is 23.1. The number of ether oxygens (including phenoxy) is 1. The molecule has 2 aliphatic rings. The van der Waals surface area contributed by atoms with Crippen LogP contribution in [0.1, 0.15) is 12.1 Å². The molecular formula is C22H24ClN7O3. The van der Waals surface area contributed by atoms with Crippen molar-refractivity contribution in [2.45, 2.75) is 13.3 Å². The summed E-state index contributed by atoms with van der Waals surface area (Å²) in [5.74, 6) is 1.54. The first-order valence-corrected chi connectivity index (χ1v) is 11.2. The number of hydrogen-bond donors (Lipinski definition) is 0. The van der Waals surface area contributed by atoms with E-state index >= 15 is 0 Å². The number of carbonyl (C=O) groups is 2. The van der Waals surface area contributed by atoms with Crippen molar-refractivity contribution in [1.29, 1.82) is 0 Å². The number of carbonyl (C=O) groups excluding carboxylic acids is 2. The van der Waals surface area contributed by atoms with Crippen molar-refractivity contribution in [1.82, 2.24) is 24.5 Å². The first kappa shape index (κ1) is 21.4. The normalized spacial score (nSPS) is 18.9. The second-order valence-electron chi connectivity index (χ2n) is 8.26. The predicted molar refractivity (Wildman–Crippen MR) is 123 cm³/mol. The number of piperazine rings is 1. The molecule has 1 atom stereocenters. The van der Waals surface area contributed by atoms with Crippen molar-refractivity contribution in [3.8, 4) is 5.75 Å². The van der Waals surface area contributed by atoms with E-state index in [1.165, 1.54) is 6.33 Å². The van der Waals surface area contributed by atoms with Gasteiger partial charge in [0.25, 0.3) is 5.78 Å². The van der Waals surface area contributed by atoms with Gasteiger partial charge in [0, 0.05) is 55.9 Å². The molecule has 1 unspecified atom stereocenters. The van der Waals surface area contributed by atoms with Crippen LogP contribution in [0.5, 0.6) is 5.75 Å². The molecule has 2 amide bonds. The third-order valence-corrected chi connectivity index (χ3v) is 6.42. The molecule has 1 aromatic carbocycles. The van der Waals surface area contributed by atoms with Crippen LogP contribution in [0.3, 0.4) is 0 Å². The molecule has 0 bridgehead atoms. The highest BCUT2D eigenvalue weighted by molar-refractivity contribution is 6.31. The largest absolute Gasteiger partial charge is 0.495 e. The number of anilines is 2. The van der Waals surface area contributed by atoms with Gasteiger partial charge in [-0.25, -0.2) is 4.98 Å². The number of rotatable bonds is 4. The number of benzene rings is 1. The van der Waals surface area contributed by atoms with Crippen molar-refractivity contribution in [2.75, 3.05) is 49.6 Å². The molecular weight excluding hydrogens is 446 g/mol. The fourth-order valence-electron chi connectivity index (χ4n) is 4.53. The predicted octanol–water partition coefficient (Wildman–Crippen LogP) is 1.80. The van der Waals surface area contributed by atoms with E-state index in [1.54, 1.807) is 34.7 Å². The lowest BCUT2D eigenvalue weighted by Gasteiger charge is -2.37. The minimum Gasteiger partial charge on any atom is -0.495 e. The number of aryl methyl sites for hydroxylation is 1.